The molecular formula is C11H17NO4S. The lowest BCUT2D eigenvalue weighted by molar-refractivity contribution is -0.153. The number of thioether (sulfide) groups is 1. The summed E-state index contributed by atoms with van der Waals surface area (Å²) in [6, 6.07) is -0.693. The SMILES string of the molecule is CCC1SCC(C(=O)O)N1C(=O)C1CCCO1. The first-order valence-corrected chi connectivity index (χ1v) is 6.98. The molecule has 17 heavy (non-hydrogen) atoms. The van der Waals surface area contributed by atoms with Gasteiger partial charge in [-0.3, -0.25) is 4.79 Å². The molecule has 5 nitrogen and oxygen atoms in total. The second-order valence-electron chi connectivity index (χ2n) is 4.30. The average Bonchev–Trinajstić information content (AvgIpc) is 2.96. The maximum Gasteiger partial charge on any atom is 0.327 e. The third-order valence-electron chi connectivity index (χ3n) is 3.19. The largest absolute Gasteiger partial charge is 0.480 e. The predicted octanol–water partition coefficient (Wildman–Crippen LogP) is 0.930. The fourth-order valence-corrected chi connectivity index (χ4v) is 3.66. The number of nitrogens with zero attached hydrogens (tertiary/aromatic N) is 1. The fourth-order valence-electron chi connectivity index (χ4n) is 2.30. The monoisotopic (exact) mass is 259 g/mol. The van der Waals surface area contributed by atoms with Crippen LogP contribution in [0.15, 0.2) is 0 Å². The molecule has 0 spiro atoms. The van der Waals surface area contributed by atoms with E-state index in [-0.39, 0.29) is 11.3 Å². The molecule has 2 saturated heterocycles. The molecule has 1 N–H and O–H groups in total. The molecule has 0 saturated carbocycles. The van der Waals surface area contributed by atoms with Crippen molar-refractivity contribution in [1.82, 2.24) is 4.90 Å². The van der Waals surface area contributed by atoms with E-state index in [4.69, 9.17) is 9.84 Å². The van der Waals surface area contributed by atoms with Crippen LogP contribution in [0.4, 0.5) is 0 Å². The molecular weight excluding hydrogens is 242 g/mol. The zero-order chi connectivity index (χ0) is 12.4. The first-order chi connectivity index (χ1) is 8.15. The van der Waals surface area contributed by atoms with Gasteiger partial charge in [-0.15, -0.1) is 11.8 Å². The van der Waals surface area contributed by atoms with E-state index in [0.717, 1.165) is 12.8 Å². The predicted molar refractivity (Wildman–Crippen MR) is 63.8 cm³/mol. The summed E-state index contributed by atoms with van der Waals surface area (Å²) in [6.07, 6.45) is 1.94. The van der Waals surface area contributed by atoms with Crippen molar-refractivity contribution in [2.75, 3.05) is 12.4 Å². The molecule has 2 aliphatic heterocycles. The maximum atomic E-state index is 12.3. The van der Waals surface area contributed by atoms with Crippen LogP contribution in [-0.2, 0) is 14.3 Å². The fraction of sp³-hybridized carbons (Fsp3) is 0.818. The van der Waals surface area contributed by atoms with Crippen LogP contribution in [0.3, 0.4) is 0 Å². The Morgan fingerprint density at radius 3 is 2.82 bits per heavy atom. The summed E-state index contributed by atoms with van der Waals surface area (Å²) in [5.74, 6) is -0.585. The van der Waals surface area contributed by atoms with Gasteiger partial charge in [0.15, 0.2) is 0 Å². The van der Waals surface area contributed by atoms with E-state index < -0.39 is 18.1 Å². The Morgan fingerprint density at radius 2 is 2.29 bits per heavy atom. The van der Waals surface area contributed by atoms with E-state index in [0.29, 0.717) is 18.8 Å². The van der Waals surface area contributed by atoms with Crippen LogP contribution >= 0.6 is 11.8 Å². The second-order valence-corrected chi connectivity index (χ2v) is 5.51. The number of aliphatic carboxylic acids is 1. The lowest BCUT2D eigenvalue weighted by Gasteiger charge is -2.28. The molecule has 3 unspecified atom stereocenters. The summed E-state index contributed by atoms with van der Waals surface area (Å²) in [5, 5.41) is 9.12. The number of hydrogen-bond donors (Lipinski definition) is 1. The van der Waals surface area contributed by atoms with Gasteiger partial charge >= 0.3 is 5.97 Å². The zero-order valence-corrected chi connectivity index (χ0v) is 10.6. The molecule has 96 valence electrons. The van der Waals surface area contributed by atoms with Crippen molar-refractivity contribution < 1.29 is 19.4 Å². The molecule has 0 radical (unpaired) electrons. The number of rotatable bonds is 3. The van der Waals surface area contributed by atoms with Crippen LogP contribution < -0.4 is 0 Å². The zero-order valence-electron chi connectivity index (χ0n) is 9.80. The molecule has 3 atom stereocenters. The van der Waals surface area contributed by atoms with E-state index >= 15 is 0 Å². The van der Waals surface area contributed by atoms with Crippen molar-refractivity contribution in [2.24, 2.45) is 0 Å². The van der Waals surface area contributed by atoms with E-state index in [1.54, 1.807) is 11.8 Å². The van der Waals surface area contributed by atoms with Crippen LogP contribution in [0.1, 0.15) is 26.2 Å². The van der Waals surface area contributed by atoms with Gasteiger partial charge < -0.3 is 14.7 Å². The summed E-state index contributed by atoms with van der Waals surface area (Å²) < 4.78 is 5.35. The van der Waals surface area contributed by atoms with Crippen LogP contribution in [0, 0.1) is 0 Å². The third-order valence-corrected chi connectivity index (χ3v) is 4.64. The Hall–Kier alpha value is -0.750. The second kappa shape index (κ2) is 5.27. The molecule has 0 bridgehead atoms. The van der Waals surface area contributed by atoms with Crippen LogP contribution in [0.5, 0.6) is 0 Å². The first-order valence-electron chi connectivity index (χ1n) is 5.93. The van der Waals surface area contributed by atoms with E-state index in [1.165, 1.54) is 4.90 Å². The molecule has 2 rings (SSSR count). The highest BCUT2D eigenvalue weighted by Crippen LogP contribution is 2.33. The molecule has 0 aromatic rings. The van der Waals surface area contributed by atoms with Crippen molar-refractivity contribution >= 4 is 23.6 Å². The molecule has 2 heterocycles. The number of carbonyl (C=O) groups is 2. The standard InChI is InChI=1S/C11H17NO4S/c1-2-9-12(7(6-17-9)11(14)15)10(13)8-4-3-5-16-8/h7-9H,2-6H2,1H3,(H,14,15). The van der Waals surface area contributed by atoms with Gasteiger partial charge in [0.2, 0.25) is 0 Å². The van der Waals surface area contributed by atoms with Crippen molar-refractivity contribution in [3.63, 3.8) is 0 Å². The minimum absolute atomic E-state index is 0.0206. The average molecular weight is 259 g/mol. The quantitative estimate of drug-likeness (QED) is 0.816. The van der Waals surface area contributed by atoms with Crippen molar-refractivity contribution in [1.29, 1.82) is 0 Å². The number of carboxylic acid groups (broad SMARTS) is 1. The number of carbonyl (C=O) groups excluding carboxylic acids is 1. The smallest absolute Gasteiger partial charge is 0.327 e. The van der Waals surface area contributed by atoms with Gasteiger partial charge in [0, 0.05) is 12.4 Å². The van der Waals surface area contributed by atoms with E-state index in [2.05, 4.69) is 0 Å². The summed E-state index contributed by atoms with van der Waals surface area (Å²) in [7, 11) is 0. The topological polar surface area (TPSA) is 66.8 Å². The Morgan fingerprint density at radius 1 is 1.53 bits per heavy atom. The van der Waals surface area contributed by atoms with Gasteiger partial charge in [0.05, 0.1) is 5.37 Å². The van der Waals surface area contributed by atoms with Crippen LogP contribution in [-0.4, -0.2) is 51.8 Å². The number of ether oxygens (including phenoxy) is 1. The van der Waals surface area contributed by atoms with Gasteiger partial charge in [0.1, 0.15) is 12.1 Å². The number of carboxylic acids is 1. The highest BCUT2D eigenvalue weighted by Gasteiger charge is 2.43. The van der Waals surface area contributed by atoms with Crippen molar-refractivity contribution in [3.8, 4) is 0 Å². The van der Waals surface area contributed by atoms with E-state index in [9.17, 15) is 9.59 Å². The summed E-state index contributed by atoms with van der Waals surface area (Å²) in [5.41, 5.74) is 0. The van der Waals surface area contributed by atoms with E-state index in [1.807, 2.05) is 6.92 Å². The molecule has 1 amide bonds. The molecule has 6 heteroatoms. The normalized spacial score (nSPS) is 33.0. The van der Waals surface area contributed by atoms with Crippen LogP contribution in [0.25, 0.3) is 0 Å². The summed E-state index contributed by atoms with van der Waals surface area (Å²) in [4.78, 5) is 24.9. The molecule has 2 aliphatic rings. The Bertz CT molecular complexity index is 317. The van der Waals surface area contributed by atoms with Gasteiger partial charge in [-0.05, 0) is 19.3 Å². The highest BCUT2D eigenvalue weighted by molar-refractivity contribution is 8.00. The summed E-state index contributed by atoms with van der Waals surface area (Å²) >= 11 is 1.54. The first kappa shape index (κ1) is 12.7. The molecule has 0 aliphatic carbocycles. The Balaban J connectivity index is 2.12. The van der Waals surface area contributed by atoms with Gasteiger partial charge in [-0.1, -0.05) is 6.92 Å². The Labute approximate surface area is 104 Å². The lowest BCUT2D eigenvalue weighted by atomic mass is 10.1. The number of hydrogen-bond acceptors (Lipinski definition) is 4. The number of amides is 1. The minimum atomic E-state index is -0.917. The van der Waals surface area contributed by atoms with Gasteiger partial charge in [-0.2, -0.15) is 0 Å². The molecule has 0 aromatic heterocycles. The van der Waals surface area contributed by atoms with Crippen LogP contribution in [0.2, 0.25) is 0 Å². The van der Waals surface area contributed by atoms with Gasteiger partial charge in [-0.25, -0.2) is 4.79 Å². The minimum Gasteiger partial charge on any atom is -0.480 e. The highest BCUT2D eigenvalue weighted by atomic mass is 32.2. The Kier molecular flexibility index (Phi) is 3.93. The molecule has 2 fully saturated rings. The molecule has 0 aromatic carbocycles. The summed E-state index contributed by atoms with van der Waals surface area (Å²) in [6.45, 7) is 2.57. The lowest BCUT2D eigenvalue weighted by Crippen LogP contribution is -2.49. The van der Waals surface area contributed by atoms with Gasteiger partial charge in [0.25, 0.3) is 5.91 Å². The van der Waals surface area contributed by atoms with Crippen molar-refractivity contribution in [3.05, 3.63) is 0 Å². The third kappa shape index (κ3) is 2.42. The van der Waals surface area contributed by atoms with Crippen molar-refractivity contribution in [2.45, 2.75) is 43.7 Å². The maximum absolute atomic E-state index is 12.3.